The predicted octanol–water partition coefficient (Wildman–Crippen LogP) is 2.39. The van der Waals surface area contributed by atoms with Gasteiger partial charge in [0.2, 0.25) is 0 Å². The zero-order valence-electron chi connectivity index (χ0n) is 9.29. The maximum atomic E-state index is 5.73. The molecule has 0 amide bonds. The quantitative estimate of drug-likeness (QED) is 0.460. The molecule has 0 rings (SSSR count). The fraction of sp³-hybridized carbons (Fsp3) is 0.600. The summed E-state index contributed by atoms with van der Waals surface area (Å²) in [7, 11) is 0.748. The van der Waals surface area contributed by atoms with Crippen molar-refractivity contribution >= 4 is 8.80 Å². The molecule has 0 fully saturated rings. The molecule has 4 heteroatoms. The van der Waals surface area contributed by atoms with Gasteiger partial charge in [0, 0.05) is 20.3 Å². The lowest BCUT2D eigenvalue weighted by atomic mass is 10.4. The van der Waals surface area contributed by atoms with E-state index in [2.05, 4.69) is 20.1 Å². The van der Waals surface area contributed by atoms with Gasteiger partial charge in [0.25, 0.3) is 0 Å². The van der Waals surface area contributed by atoms with Crippen LogP contribution in [-0.4, -0.2) is 29.1 Å². The average Bonchev–Trinajstić information content (AvgIpc) is 2.24. The van der Waals surface area contributed by atoms with Crippen molar-refractivity contribution in [3.63, 3.8) is 0 Å². The maximum Gasteiger partial charge on any atom is 0.501 e. The Morgan fingerprint density at radius 3 is 2.00 bits per heavy atom. The van der Waals surface area contributed by atoms with Gasteiger partial charge in [0.05, 0.1) is 6.10 Å². The smallest absolute Gasteiger partial charge is 0.377 e. The highest BCUT2D eigenvalue weighted by Gasteiger charge is 2.39. The van der Waals surface area contributed by atoms with E-state index in [1.54, 1.807) is 26.4 Å². The molecule has 0 aliphatic carbocycles. The van der Waals surface area contributed by atoms with Crippen molar-refractivity contribution in [3.05, 3.63) is 25.3 Å². The molecule has 0 heterocycles. The lowest BCUT2D eigenvalue weighted by Gasteiger charge is -2.28. The molecule has 0 radical (unpaired) electrons. The van der Waals surface area contributed by atoms with Gasteiger partial charge in [-0.2, -0.15) is 0 Å². The Hall–Kier alpha value is -0.423. The molecule has 0 aliphatic heterocycles. The second-order valence-electron chi connectivity index (χ2n) is 2.90. The Kier molecular flexibility index (Phi) is 6.74. The largest absolute Gasteiger partial charge is 0.501 e. The van der Waals surface area contributed by atoms with Gasteiger partial charge >= 0.3 is 8.80 Å². The Bertz CT molecular complexity index is 170. The summed E-state index contributed by atoms with van der Waals surface area (Å²) in [6.45, 7) is 9.39. The van der Waals surface area contributed by atoms with Crippen molar-refractivity contribution < 1.29 is 13.3 Å². The lowest BCUT2D eigenvalue weighted by molar-refractivity contribution is 0.0889. The van der Waals surface area contributed by atoms with Gasteiger partial charge in [-0.05, 0) is 0 Å². The molecule has 0 aliphatic rings. The van der Waals surface area contributed by atoms with Crippen molar-refractivity contribution in [3.8, 4) is 0 Å². The molecule has 0 bridgehead atoms. The third-order valence-corrected chi connectivity index (χ3v) is 4.95. The molecule has 0 aromatic heterocycles. The van der Waals surface area contributed by atoms with Crippen molar-refractivity contribution in [2.75, 3.05) is 14.2 Å². The third-order valence-electron chi connectivity index (χ3n) is 1.96. The van der Waals surface area contributed by atoms with Gasteiger partial charge in [-0.1, -0.05) is 25.5 Å². The molecule has 0 N–H and O–H groups in total. The minimum atomic E-state index is -2.49. The topological polar surface area (TPSA) is 27.7 Å². The minimum Gasteiger partial charge on any atom is -0.377 e. The van der Waals surface area contributed by atoms with Crippen LogP contribution in [-0.2, 0) is 13.3 Å². The Labute approximate surface area is 87.7 Å². The summed E-state index contributed by atoms with van der Waals surface area (Å²) >= 11 is 0. The first-order valence-corrected chi connectivity index (χ1v) is 6.64. The monoisotopic (exact) mass is 216 g/mol. The summed E-state index contributed by atoms with van der Waals surface area (Å²) in [6.07, 6.45) is 4.13. The molecule has 0 atom stereocenters. The summed E-state index contributed by atoms with van der Waals surface area (Å²) in [5.41, 5.74) is 0. The first-order valence-electron chi connectivity index (χ1n) is 4.71. The van der Waals surface area contributed by atoms with E-state index in [0.717, 1.165) is 12.5 Å². The van der Waals surface area contributed by atoms with Crippen molar-refractivity contribution in [1.82, 2.24) is 0 Å². The van der Waals surface area contributed by atoms with E-state index in [9.17, 15) is 0 Å². The van der Waals surface area contributed by atoms with Crippen LogP contribution in [0, 0.1) is 0 Å². The van der Waals surface area contributed by atoms with E-state index < -0.39 is 8.80 Å². The zero-order chi connectivity index (χ0) is 11.0. The molecule has 82 valence electrons. The Morgan fingerprint density at radius 1 is 1.21 bits per heavy atom. The van der Waals surface area contributed by atoms with E-state index >= 15 is 0 Å². The average molecular weight is 216 g/mol. The lowest BCUT2D eigenvalue weighted by Crippen LogP contribution is -2.45. The highest BCUT2D eigenvalue weighted by molar-refractivity contribution is 6.60. The molecule has 0 unspecified atom stereocenters. The number of hydrogen-bond acceptors (Lipinski definition) is 3. The van der Waals surface area contributed by atoms with E-state index in [1.807, 2.05) is 0 Å². The summed E-state index contributed by atoms with van der Waals surface area (Å²) < 4.78 is 16.5. The van der Waals surface area contributed by atoms with E-state index in [1.165, 1.54) is 0 Å². The van der Waals surface area contributed by atoms with Crippen LogP contribution >= 0.6 is 0 Å². The summed E-state index contributed by atoms with van der Waals surface area (Å²) in [4.78, 5) is 0. The number of hydrogen-bond donors (Lipinski definition) is 0. The molecule has 3 nitrogen and oxygen atoms in total. The molecule has 0 saturated carbocycles. The van der Waals surface area contributed by atoms with Crippen LogP contribution in [0.1, 0.15) is 13.3 Å². The van der Waals surface area contributed by atoms with Crippen LogP contribution in [0.4, 0.5) is 0 Å². The highest BCUT2D eigenvalue weighted by Crippen LogP contribution is 2.18. The molecule has 0 saturated heterocycles. The SMILES string of the molecule is C=CC(C=C)O[Si](CCC)(OC)OC. The first kappa shape index (κ1) is 13.6. The van der Waals surface area contributed by atoms with Gasteiger partial charge in [-0.15, -0.1) is 13.2 Å². The fourth-order valence-corrected chi connectivity index (χ4v) is 3.25. The summed E-state index contributed by atoms with van der Waals surface area (Å²) in [5, 5.41) is 0. The van der Waals surface area contributed by atoms with Crippen LogP contribution in [0.3, 0.4) is 0 Å². The van der Waals surface area contributed by atoms with Gasteiger partial charge in [-0.25, -0.2) is 0 Å². The van der Waals surface area contributed by atoms with Crippen LogP contribution in [0.5, 0.6) is 0 Å². The van der Waals surface area contributed by atoms with Gasteiger partial charge in [-0.3, -0.25) is 0 Å². The normalized spacial score (nSPS) is 11.7. The molecular weight excluding hydrogens is 196 g/mol. The van der Waals surface area contributed by atoms with E-state index in [4.69, 9.17) is 13.3 Å². The maximum absolute atomic E-state index is 5.73. The van der Waals surface area contributed by atoms with Crippen LogP contribution in [0.15, 0.2) is 25.3 Å². The summed E-state index contributed by atoms with van der Waals surface area (Å²) in [5.74, 6) is 0. The van der Waals surface area contributed by atoms with Crippen LogP contribution in [0.2, 0.25) is 6.04 Å². The van der Waals surface area contributed by atoms with Crippen LogP contribution in [0.25, 0.3) is 0 Å². The van der Waals surface area contributed by atoms with E-state index in [0.29, 0.717) is 0 Å². The molecule has 14 heavy (non-hydrogen) atoms. The van der Waals surface area contributed by atoms with Crippen LogP contribution < -0.4 is 0 Å². The number of rotatable bonds is 8. The predicted molar refractivity (Wildman–Crippen MR) is 60.1 cm³/mol. The third kappa shape index (κ3) is 3.75. The molecular formula is C10H20O3Si. The first-order chi connectivity index (χ1) is 6.67. The van der Waals surface area contributed by atoms with E-state index in [-0.39, 0.29) is 6.10 Å². The van der Waals surface area contributed by atoms with Gasteiger partial charge in [0.1, 0.15) is 0 Å². The second-order valence-corrected chi connectivity index (χ2v) is 5.81. The second kappa shape index (κ2) is 6.95. The summed E-state index contributed by atoms with van der Waals surface area (Å²) in [6, 6.07) is 0.804. The van der Waals surface area contributed by atoms with Crippen molar-refractivity contribution in [1.29, 1.82) is 0 Å². The molecule has 0 aromatic carbocycles. The van der Waals surface area contributed by atoms with Gasteiger partial charge < -0.3 is 13.3 Å². The highest BCUT2D eigenvalue weighted by atomic mass is 28.4. The van der Waals surface area contributed by atoms with Crippen molar-refractivity contribution in [2.45, 2.75) is 25.5 Å². The molecule has 0 spiro atoms. The van der Waals surface area contributed by atoms with Crippen molar-refractivity contribution in [2.24, 2.45) is 0 Å². The Balaban J connectivity index is 4.46. The minimum absolute atomic E-state index is 0.201. The van der Waals surface area contributed by atoms with Gasteiger partial charge in [0.15, 0.2) is 0 Å². The Morgan fingerprint density at radius 2 is 1.71 bits per heavy atom. The standard InChI is InChI=1S/C10H20O3Si/c1-6-9-14(11-4,12-5)13-10(7-2)8-3/h7-8,10H,2-3,6,9H2,1,4-5H3. The fourth-order valence-electron chi connectivity index (χ4n) is 1.15. The zero-order valence-corrected chi connectivity index (χ0v) is 10.3. The molecule has 0 aromatic rings.